The minimum atomic E-state index is -4.06. The molecule has 3 aromatic rings. The summed E-state index contributed by atoms with van der Waals surface area (Å²) < 4.78 is 77.2. The van der Waals surface area contributed by atoms with E-state index in [2.05, 4.69) is 5.32 Å². The predicted molar refractivity (Wildman–Crippen MR) is 189 cm³/mol. The van der Waals surface area contributed by atoms with Crippen LogP contribution in [0.2, 0.25) is 0 Å². The van der Waals surface area contributed by atoms with E-state index in [1.165, 1.54) is 60.7 Å². The Morgan fingerprint density at radius 2 is 1.19 bits per heavy atom. The lowest BCUT2D eigenvalue weighted by atomic mass is 9.86. The highest BCUT2D eigenvalue weighted by atomic mass is 32.2. The van der Waals surface area contributed by atoms with Gasteiger partial charge in [-0.1, -0.05) is 53.7 Å². The molecule has 274 valence electrons. The maximum absolute atomic E-state index is 13.9. The third kappa shape index (κ3) is 10.5. The van der Waals surface area contributed by atoms with Gasteiger partial charge in [0.1, 0.15) is 17.3 Å². The van der Waals surface area contributed by atoms with Crippen LogP contribution in [0.15, 0.2) is 93.4 Å². The number of amides is 1. The van der Waals surface area contributed by atoms with E-state index in [1.54, 1.807) is 53.7 Å². The molecule has 0 spiro atoms. The Hall–Kier alpha value is -5.51. The molecule has 0 heterocycles. The molecule has 0 aliphatic carbocycles. The number of carbonyl (C=O) groups is 2. The first-order valence-electron chi connectivity index (χ1n) is 15.6. The van der Waals surface area contributed by atoms with Gasteiger partial charge < -0.3 is 19.9 Å². The van der Waals surface area contributed by atoms with Crippen LogP contribution >= 0.6 is 0 Å². The summed E-state index contributed by atoms with van der Waals surface area (Å²) in [5.41, 5.74) is -0.644. The number of rotatable bonds is 13. The number of aliphatic carboxylic acids is 1. The Morgan fingerprint density at radius 3 is 1.58 bits per heavy atom. The molecule has 0 aliphatic rings. The number of benzene rings is 3. The van der Waals surface area contributed by atoms with E-state index in [9.17, 15) is 35.9 Å². The molecule has 0 radical (unpaired) electrons. The van der Waals surface area contributed by atoms with Crippen molar-refractivity contribution in [2.24, 2.45) is 0 Å². The second-order valence-corrected chi connectivity index (χ2v) is 17.2. The van der Waals surface area contributed by atoms with E-state index >= 15 is 0 Å². The van der Waals surface area contributed by atoms with Crippen molar-refractivity contribution in [2.75, 3.05) is 0 Å². The topological polar surface area (TPSA) is 201 Å². The second-order valence-electron chi connectivity index (χ2n) is 13.5. The summed E-state index contributed by atoms with van der Waals surface area (Å²) in [5, 5.41) is 32.3. The zero-order valence-electron chi connectivity index (χ0n) is 29.2. The van der Waals surface area contributed by atoms with E-state index in [0.717, 1.165) is 23.0 Å². The average molecular weight is 752 g/mol. The number of hydrogen-bond donors (Lipinski definition) is 2. The number of hydrogen-bond acceptors (Lipinski definition) is 10. The van der Waals surface area contributed by atoms with Gasteiger partial charge >= 0.3 is 5.97 Å². The van der Waals surface area contributed by atoms with Crippen LogP contribution in [-0.2, 0) is 46.6 Å². The van der Waals surface area contributed by atoms with Crippen molar-refractivity contribution in [3.05, 3.63) is 106 Å². The molecule has 0 saturated heterocycles. The lowest BCUT2D eigenvalue weighted by Crippen LogP contribution is -2.52. The minimum Gasteiger partial charge on any atom is -0.478 e. The quantitative estimate of drug-likeness (QED) is 0.205. The summed E-state index contributed by atoms with van der Waals surface area (Å²) in [6, 6.07) is 15.9. The first-order chi connectivity index (χ1) is 24.1. The number of carboxylic acid groups (broad SMARTS) is 1. The number of nitrogens with zero attached hydrogens (tertiary/aromatic N) is 2. The first-order valence-corrected chi connectivity index (χ1v) is 18.7. The molecular weight excluding hydrogens is 714 g/mol. The molecule has 2 unspecified atom stereocenters. The maximum atomic E-state index is 13.9. The molecule has 15 heteroatoms. The van der Waals surface area contributed by atoms with Crippen molar-refractivity contribution in [2.45, 2.75) is 80.9 Å². The van der Waals surface area contributed by atoms with Crippen LogP contribution in [0.25, 0.3) is 0 Å². The third-order valence-electron chi connectivity index (χ3n) is 7.48. The zero-order chi connectivity index (χ0) is 39.1. The number of ether oxygens (including phenoxy) is 2. The standard InChI is InChI=1S/C37H38FN3O9S2/c1-36(2,3)28-21-26(51(45,46)19-7-17-39)13-15-30(28)49-32(34(42)41-23-24-9-11-25(38)12-10-24)33(35(43)44)50-31-16-14-27(22-29(31)37(4,5)6)52(47,48)20-8-18-40/h7-16,19-22,32-33H,23H2,1-6H3,(H,41,42)(H,43,44). The molecule has 1 amide bonds. The molecule has 0 aromatic heterocycles. The number of carbonyl (C=O) groups excluding carboxylic acids is 1. The molecule has 2 atom stereocenters. The number of sulfone groups is 2. The van der Waals surface area contributed by atoms with Crippen molar-refractivity contribution < 1.29 is 45.4 Å². The normalized spacial score (nSPS) is 13.6. The van der Waals surface area contributed by atoms with Crippen LogP contribution in [0, 0.1) is 28.5 Å². The van der Waals surface area contributed by atoms with Gasteiger partial charge in [0.2, 0.25) is 31.9 Å². The fraction of sp³-hybridized carbons (Fsp3) is 0.297. The van der Waals surface area contributed by atoms with Crippen LogP contribution in [0.5, 0.6) is 11.5 Å². The lowest BCUT2D eigenvalue weighted by molar-refractivity contribution is -0.154. The molecular formula is C37H38FN3O9S2. The smallest absolute Gasteiger partial charge is 0.349 e. The van der Waals surface area contributed by atoms with Gasteiger partial charge in [-0.15, -0.1) is 0 Å². The van der Waals surface area contributed by atoms with E-state index in [4.69, 9.17) is 20.0 Å². The fourth-order valence-electron chi connectivity index (χ4n) is 4.81. The van der Waals surface area contributed by atoms with E-state index in [1.807, 2.05) is 0 Å². The van der Waals surface area contributed by atoms with Crippen LogP contribution in [0.4, 0.5) is 4.39 Å². The van der Waals surface area contributed by atoms with Crippen molar-refractivity contribution in [1.82, 2.24) is 5.32 Å². The largest absolute Gasteiger partial charge is 0.478 e. The van der Waals surface area contributed by atoms with E-state index in [-0.39, 0.29) is 39.0 Å². The third-order valence-corrected chi connectivity index (χ3v) is 10.3. The molecule has 3 aromatic carbocycles. The van der Waals surface area contributed by atoms with Gasteiger partial charge in [-0.05, 0) is 64.9 Å². The molecule has 3 rings (SSSR count). The Kier molecular flexibility index (Phi) is 12.8. The van der Waals surface area contributed by atoms with Crippen LogP contribution in [-0.4, -0.2) is 46.0 Å². The highest BCUT2D eigenvalue weighted by Crippen LogP contribution is 2.37. The monoisotopic (exact) mass is 751 g/mol. The molecule has 52 heavy (non-hydrogen) atoms. The highest BCUT2D eigenvalue weighted by molar-refractivity contribution is 7.94. The van der Waals surface area contributed by atoms with Gasteiger partial charge in [0, 0.05) is 40.6 Å². The number of nitriles is 2. The molecule has 0 bridgehead atoms. The maximum Gasteiger partial charge on any atom is 0.349 e. The number of carboxylic acids is 1. The van der Waals surface area contributed by atoms with Crippen molar-refractivity contribution >= 4 is 31.6 Å². The highest BCUT2D eigenvalue weighted by Gasteiger charge is 2.40. The molecule has 0 fully saturated rings. The molecule has 0 aliphatic heterocycles. The van der Waals surface area contributed by atoms with Gasteiger partial charge in [0.25, 0.3) is 5.91 Å². The second kappa shape index (κ2) is 16.2. The minimum absolute atomic E-state index is 0.0470. The van der Waals surface area contributed by atoms with E-state index in [0.29, 0.717) is 5.56 Å². The van der Waals surface area contributed by atoms with Crippen LogP contribution in [0.3, 0.4) is 0 Å². The van der Waals surface area contributed by atoms with Gasteiger partial charge in [-0.25, -0.2) is 26.0 Å². The summed E-state index contributed by atoms with van der Waals surface area (Å²) >= 11 is 0. The Bertz CT molecular complexity index is 2190. The average Bonchev–Trinajstić information content (AvgIpc) is 3.06. The summed E-state index contributed by atoms with van der Waals surface area (Å²) in [6.45, 7) is 10.2. The zero-order valence-corrected chi connectivity index (χ0v) is 30.9. The Labute approximate surface area is 302 Å². The lowest BCUT2D eigenvalue weighted by Gasteiger charge is -2.30. The predicted octanol–water partition coefficient (Wildman–Crippen LogP) is 5.64. The molecule has 12 nitrogen and oxygen atoms in total. The van der Waals surface area contributed by atoms with Crippen molar-refractivity contribution in [1.29, 1.82) is 10.5 Å². The Morgan fingerprint density at radius 1 is 0.769 bits per heavy atom. The van der Waals surface area contributed by atoms with E-state index < -0.39 is 60.4 Å². The van der Waals surface area contributed by atoms with Gasteiger partial charge in [-0.3, -0.25) is 4.79 Å². The van der Waals surface area contributed by atoms with Crippen LogP contribution < -0.4 is 14.8 Å². The molecule has 0 saturated carbocycles. The summed E-state index contributed by atoms with van der Waals surface area (Å²) in [7, 11) is -8.13. The molecule has 2 N–H and O–H groups in total. The van der Waals surface area contributed by atoms with Gasteiger partial charge in [0.15, 0.2) is 0 Å². The van der Waals surface area contributed by atoms with Gasteiger partial charge in [-0.2, -0.15) is 10.5 Å². The fourth-order valence-corrected chi connectivity index (χ4v) is 6.68. The Balaban J connectivity index is 2.20. The number of halogens is 1. The number of allylic oxidation sites excluding steroid dienone is 2. The SMILES string of the molecule is CC(C)(C)c1cc(S(=O)(=O)C=CC#N)ccc1OC(C(=O)O)C(Oc1ccc(S(=O)(=O)C=CC#N)cc1C(C)(C)C)C(=O)NCc1ccc(F)cc1. The summed E-state index contributed by atoms with van der Waals surface area (Å²) in [5.74, 6) is -3.22. The van der Waals surface area contributed by atoms with Crippen molar-refractivity contribution in [3.63, 3.8) is 0 Å². The van der Waals surface area contributed by atoms with Crippen molar-refractivity contribution in [3.8, 4) is 23.6 Å². The first kappa shape index (κ1) is 40.9. The van der Waals surface area contributed by atoms with Crippen LogP contribution in [0.1, 0.15) is 58.2 Å². The summed E-state index contributed by atoms with van der Waals surface area (Å²) in [6.07, 6.45) is -2.39. The number of nitrogens with one attached hydrogen (secondary N) is 1. The summed E-state index contributed by atoms with van der Waals surface area (Å²) in [4.78, 5) is 26.5. The van der Waals surface area contributed by atoms with Gasteiger partial charge in [0.05, 0.1) is 21.9 Å².